The van der Waals surface area contributed by atoms with Gasteiger partial charge in [0.2, 0.25) is 0 Å². The van der Waals surface area contributed by atoms with Crippen LogP contribution in [0.4, 0.5) is 10.1 Å². The fourth-order valence-electron chi connectivity index (χ4n) is 1.42. The summed E-state index contributed by atoms with van der Waals surface area (Å²) in [7, 11) is 1.24. The Morgan fingerprint density at radius 1 is 1.67 bits per heavy atom. The highest BCUT2D eigenvalue weighted by molar-refractivity contribution is 5.92. The van der Waals surface area contributed by atoms with Crippen molar-refractivity contribution in [1.29, 1.82) is 0 Å². The third-order valence-corrected chi connectivity index (χ3v) is 2.38. The molecule has 2 rings (SSSR count). The number of anilines is 1. The molecule has 0 spiro atoms. The molecule has 0 atom stereocenters. The summed E-state index contributed by atoms with van der Waals surface area (Å²) in [4.78, 5) is 15.2. The Hall–Kier alpha value is -1.65. The number of hydrogen-bond acceptors (Lipinski definition) is 4. The smallest absolute Gasteiger partial charge is 0.358 e. The lowest BCUT2D eigenvalue weighted by molar-refractivity contribution is 0.0595. The molecule has 4 nitrogen and oxygen atoms in total. The lowest BCUT2D eigenvalue weighted by atomic mass is 10.2. The van der Waals surface area contributed by atoms with Crippen molar-refractivity contribution in [3.05, 3.63) is 23.3 Å². The molecule has 5 heteroatoms. The van der Waals surface area contributed by atoms with E-state index in [0.29, 0.717) is 5.69 Å². The van der Waals surface area contributed by atoms with Crippen LogP contribution in [0, 0.1) is 5.82 Å². The number of carbonyl (C=O) groups excluding carboxylic acids is 1. The normalized spacial score (nSPS) is 15.1. The Labute approximate surface area is 86.3 Å². The van der Waals surface area contributed by atoms with Crippen molar-refractivity contribution < 1.29 is 13.9 Å². The Morgan fingerprint density at radius 3 is 2.87 bits per heavy atom. The van der Waals surface area contributed by atoms with Gasteiger partial charge in [-0.05, 0) is 12.8 Å². The van der Waals surface area contributed by atoms with Crippen molar-refractivity contribution in [1.82, 2.24) is 4.98 Å². The van der Waals surface area contributed by atoms with E-state index in [1.54, 1.807) is 0 Å². The molecule has 1 fully saturated rings. The van der Waals surface area contributed by atoms with Gasteiger partial charge in [-0.1, -0.05) is 0 Å². The summed E-state index contributed by atoms with van der Waals surface area (Å²) in [6.07, 6.45) is 1.82. The number of halogens is 1. The highest BCUT2D eigenvalue weighted by Crippen LogP contribution is 2.40. The van der Waals surface area contributed by atoms with E-state index in [1.165, 1.54) is 7.11 Å². The number of hydrogen-bond donors (Lipinski definition) is 1. The molecule has 0 unspecified atom stereocenters. The quantitative estimate of drug-likeness (QED) is 0.750. The molecule has 0 aromatic carbocycles. The third kappa shape index (κ3) is 1.77. The highest BCUT2D eigenvalue weighted by Gasteiger charge is 2.30. The van der Waals surface area contributed by atoms with Crippen LogP contribution in [0.2, 0.25) is 0 Å². The molecule has 1 heterocycles. The number of ether oxygens (including phenoxy) is 1. The maximum absolute atomic E-state index is 13.4. The van der Waals surface area contributed by atoms with Crippen LogP contribution in [-0.2, 0) is 4.74 Å². The average molecular weight is 210 g/mol. The number of esters is 1. The molecule has 0 amide bonds. The number of pyridine rings is 1. The highest BCUT2D eigenvalue weighted by atomic mass is 19.1. The van der Waals surface area contributed by atoms with Crippen LogP contribution >= 0.6 is 0 Å². The first-order valence-electron chi connectivity index (χ1n) is 4.67. The molecule has 2 N–H and O–H groups in total. The monoisotopic (exact) mass is 210 g/mol. The van der Waals surface area contributed by atoms with Crippen LogP contribution in [0.15, 0.2) is 6.07 Å². The maximum atomic E-state index is 13.4. The second-order valence-corrected chi connectivity index (χ2v) is 3.56. The van der Waals surface area contributed by atoms with E-state index in [-0.39, 0.29) is 17.3 Å². The molecule has 1 aliphatic rings. The number of methoxy groups -OCH3 is 1. The van der Waals surface area contributed by atoms with E-state index in [0.717, 1.165) is 18.9 Å². The number of rotatable bonds is 2. The molecular formula is C10H11FN2O2. The number of nitrogen functional groups attached to an aromatic ring is 1. The van der Waals surface area contributed by atoms with Crippen LogP contribution in [0.25, 0.3) is 0 Å². The zero-order chi connectivity index (χ0) is 11.0. The van der Waals surface area contributed by atoms with Crippen LogP contribution in [0.3, 0.4) is 0 Å². The minimum Gasteiger partial charge on any atom is -0.464 e. The molecule has 1 saturated carbocycles. The van der Waals surface area contributed by atoms with Crippen molar-refractivity contribution in [3.63, 3.8) is 0 Å². The summed E-state index contributed by atoms with van der Waals surface area (Å²) in [6, 6.07) is 1.13. The van der Waals surface area contributed by atoms with Crippen LogP contribution in [0.5, 0.6) is 0 Å². The van der Waals surface area contributed by atoms with E-state index in [1.807, 2.05) is 0 Å². The predicted molar refractivity (Wildman–Crippen MR) is 51.9 cm³/mol. The van der Waals surface area contributed by atoms with E-state index >= 15 is 0 Å². The van der Waals surface area contributed by atoms with Crippen LogP contribution in [0.1, 0.15) is 34.9 Å². The van der Waals surface area contributed by atoms with Gasteiger partial charge in [0.05, 0.1) is 18.5 Å². The van der Waals surface area contributed by atoms with E-state index < -0.39 is 11.8 Å². The zero-order valence-corrected chi connectivity index (χ0v) is 8.29. The maximum Gasteiger partial charge on any atom is 0.358 e. The van der Waals surface area contributed by atoms with Gasteiger partial charge in [0, 0.05) is 12.0 Å². The molecular weight excluding hydrogens is 199 g/mol. The van der Waals surface area contributed by atoms with Gasteiger partial charge >= 0.3 is 5.97 Å². The number of aromatic nitrogens is 1. The average Bonchev–Trinajstić information content (AvgIpc) is 3.00. The first-order chi connectivity index (χ1) is 7.13. The fourth-order valence-corrected chi connectivity index (χ4v) is 1.42. The van der Waals surface area contributed by atoms with Crippen molar-refractivity contribution in [2.24, 2.45) is 0 Å². The van der Waals surface area contributed by atoms with Crippen molar-refractivity contribution >= 4 is 11.7 Å². The Kier molecular flexibility index (Phi) is 2.30. The minimum atomic E-state index is -0.630. The summed E-state index contributed by atoms with van der Waals surface area (Å²) >= 11 is 0. The van der Waals surface area contributed by atoms with Crippen LogP contribution in [-0.4, -0.2) is 18.1 Å². The summed E-state index contributed by atoms with van der Waals surface area (Å²) < 4.78 is 17.9. The standard InChI is InChI=1S/C10H11FN2O2/c1-15-10(14)9-7(12)4-6(11)8(13-9)5-2-3-5/h4-5H,2-3,12H2,1H3. The first kappa shape index (κ1) is 9.89. The lowest BCUT2D eigenvalue weighted by Crippen LogP contribution is -2.11. The second kappa shape index (κ2) is 3.49. The molecule has 1 aliphatic carbocycles. The van der Waals surface area contributed by atoms with Crippen molar-refractivity contribution in [2.75, 3.05) is 12.8 Å². The van der Waals surface area contributed by atoms with Gasteiger partial charge in [0.1, 0.15) is 5.82 Å². The second-order valence-electron chi connectivity index (χ2n) is 3.56. The van der Waals surface area contributed by atoms with Crippen molar-refractivity contribution in [2.45, 2.75) is 18.8 Å². The summed E-state index contributed by atoms with van der Waals surface area (Å²) in [5.41, 5.74) is 5.83. The molecule has 0 bridgehead atoms. The Bertz CT molecular complexity index is 416. The molecule has 15 heavy (non-hydrogen) atoms. The van der Waals surface area contributed by atoms with Gasteiger partial charge < -0.3 is 10.5 Å². The topological polar surface area (TPSA) is 65.2 Å². The van der Waals surface area contributed by atoms with E-state index in [2.05, 4.69) is 9.72 Å². The summed E-state index contributed by atoms with van der Waals surface area (Å²) in [6.45, 7) is 0. The van der Waals surface area contributed by atoms with Gasteiger partial charge in [-0.15, -0.1) is 0 Å². The largest absolute Gasteiger partial charge is 0.464 e. The number of nitrogens with zero attached hydrogens (tertiary/aromatic N) is 1. The lowest BCUT2D eigenvalue weighted by Gasteiger charge is -2.06. The Balaban J connectivity index is 2.45. The fraction of sp³-hybridized carbons (Fsp3) is 0.400. The van der Waals surface area contributed by atoms with Gasteiger partial charge in [-0.2, -0.15) is 0 Å². The van der Waals surface area contributed by atoms with E-state index in [9.17, 15) is 9.18 Å². The van der Waals surface area contributed by atoms with E-state index in [4.69, 9.17) is 5.73 Å². The summed E-state index contributed by atoms with van der Waals surface area (Å²) in [5.74, 6) is -0.939. The predicted octanol–water partition coefficient (Wildman–Crippen LogP) is 1.47. The Morgan fingerprint density at radius 2 is 2.33 bits per heavy atom. The third-order valence-electron chi connectivity index (χ3n) is 2.38. The van der Waals surface area contributed by atoms with Gasteiger partial charge in [-0.25, -0.2) is 14.2 Å². The van der Waals surface area contributed by atoms with Crippen LogP contribution < -0.4 is 5.73 Å². The minimum absolute atomic E-state index is 0.000741. The molecule has 1 aromatic rings. The summed E-state index contributed by atoms with van der Waals surface area (Å²) in [5, 5.41) is 0. The van der Waals surface area contributed by atoms with Gasteiger partial charge in [-0.3, -0.25) is 0 Å². The van der Waals surface area contributed by atoms with Crippen molar-refractivity contribution in [3.8, 4) is 0 Å². The molecule has 1 aromatic heterocycles. The molecule has 80 valence electrons. The number of nitrogens with two attached hydrogens (primary N) is 1. The SMILES string of the molecule is COC(=O)c1nc(C2CC2)c(F)cc1N. The first-order valence-corrected chi connectivity index (χ1v) is 4.67. The molecule has 0 aliphatic heterocycles. The number of carbonyl (C=O) groups is 1. The van der Waals surface area contributed by atoms with Gasteiger partial charge in [0.15, 0.2) is 5.69 Å². The van der Waals surface area contributed by atoms with Gasteiger partial charge in [0.25, 0.3) is 0 Å². The zero-order valence-electron chi connectivity index (χ0n) is 8.29. The molecule has 0 radical (unpaired) electrons. The molecule has 0 saturated heterocycles.